The van der Waals surface area contributed by atoms with Crippen LogP contribution in [-0.4, -0.2) is 24.6 Å². The van der Waals surface area contributed by atoms with Crippen LogP contribution in [0.1, 0.15) is 29.5 Å². The van der Waals surface area contributed by atoms with E-state index in [9.17, 15) is 22.8 Å². The van der Waals surface area contributed by atoms with E-state index in [0.29, 0.717) is 24.3 Å². The molecule has 0 aliphatic heterocycles. The topological polar surface area (TPSA) is 67.4 Å². The lowest BCUT2D eigenvalue weighted by molar-refractivity contribution is -0.173. The number of anilines is 1. The lowest BCUT2D eigenvalue weighted by atomic mass is 10.1. The summed E-state index contributed by atoms with van der Waals surface area (Å²) in [6, 6.07) is 12.2. The van der Waals surface area contributed by atoms with Gasteiger partial charge >= 0.3 is 12.1 Å². The van der Waals surface area contributed by atoms with Crippen LogP contribution in [0.2, 0.25) is 0 Å². The molecular weight excluding hydrogens is 385 g/mol. The summed E-state index contributed by atoms with van der Waals surface area (Å²) in [6.45, 7) is 4.02. The highest BCUT2D eigenvalue weighted by Crippen LogP contribution is 2.22. The fourth-order valence-electron chi connectivity index (χ4n) is 2.70. The number of benzene rings is 2. The molecule has 0 bridgehead atoms. The van der Waals surface area contributed by atoms with E-state index in [1.165, 1.54) is 6.07 Å². The normalized spacial score (nSPS) is 11.1. The van der Waals surface area contributed by atoms with Gasteiger partial charge in [0, 0.05) is 18.7 Å². The fraction of sp³-hybridized carbons (Fsp3) is 0.333. The molecule has 0 saturated heterocycles. The number of carbonyl (C=O) groups is 2. The summed E-state index contributed by atoms with van der Waals surface area (Å²) < 4.78 is 42.4. The fourth-order valence-corrected chi connectivity index (χ4v) is 2.70. The van der Waals surface area contributed by atoms with E-state index >= 15 is 0 Å². The number of rotatable bonds is 8. The average molecular weight is 408 g/mol. The van der Waals surface area contributed by atoms with E-state index in [-0.39, 0.29) is 18.9 Å². The van der Waals surface area contributed by atoms with E-state index in [4.69, 9.17) is 4.74 Å². The molecule has 8 heteroatoms. The van der Waals surface area contributed by atoms with Crippen LogP contribution in [0.5, 0.6) is 5.75 Å². The number of ether oxygens (including phenoxy) is 1. The molecule has 0 spiro atoms. The van der Waals surface area contributed by atoms with Crippen LogP contribution in [0, 0.1) is 13.8 Å². The van der Waals surface area contributed by atoms with Crippen LogP contribution in [0.4, 0.5) is 18.9 Å². The molecule has 5 nitrogen and oxygen atoms in total. The van der Waals surface area contributed by atoms with Crippen molar-refractivity contribution in [1.82, 2.24) is 5.32 Å². The van der Waals surface area contributed by atoms with Crippen molar-refractivity contribution in [3.8, 4) is 5.75 Å². The Morgan fingerprint density at radius 2 is 1.69 bits per heavy atom. The van der Waals surface area contributed by atoms with Crippen molar-refractivity contribution >= 4 is 17.5 Å². The smallest absolute Gasteiger partial charge is 0.471 e. The SMILES string of the molecule is Cc1cccc(C)c1OCCCC(=O)Nc1cccc(CNC(=O)C(F)(F)F)c1. The van der Waals surface area contributed by atoms with Crippen molar-refractivity contribution in [2.24, 2.45) is 0 Å². The largest absolute Gasteiger partial charge is 0.493 e. The summed E-state index contributed by atoms with van der Waals surface area (Å²) in [5.74, 6) is -1.41. The van der Waals surface area contributed by atoms with Crippen LogP contribution < -0.4 is 15.4 Å². The maximum atomic E-state index is 12.2. The monoisotopic (exact) mass is 408 g/mol. The van der Waals surface area contributed by atoms with E-state index < -0.39 is 12.1 Å². The van der Waals surface area contributed by atoms with Crippen molar-refractivity contribution in [2.45, 2.75) is 39.4 Å². The second kappa shape index (κ2) is 9.95. The number of hydrogen-bond acceptors (Lipinski definition) is 3. The Morgan fingerprint density at radius 1 is 1.03 bits per heavy atom. The van der Waals surface area contributed by atoms with Crippen LogP contribution in [-0.2, 0) is 16.1 Å². The number of halogens is 3. The standard InChI is InChI=1S/C21H23F3N2O3/c1-14-6-3-7-15(2)19(14)29-11-5-10-18(27)26-17-9-4-8-16(12-17)13-25-20(28)21(22,23)24/h3-4,6-9,12H,5,10-11,13H2,1-2H3,(H,25,28)(H,26,27). The van der Waals surface area contributed by atoms with Crippen LogP contribution in [0.3, 0.4) is 0 Å². The molecule has 0 saturated carbocycles. The molecule has 2 N–H and O–H groups in total. The molecule has 0 radical (unpaired) electrons. The van der Waals surface area contributed by atoms with Gasteiger partial charge in [-0.15, -0.1) is 0 Å². The minimum Gasteiger partial charge on any atom is -0.493 e. The summed E-state index contributed by atoms with van der Waals surface area (Å²) in [7, 11) is 0. The number of aryl methyl sites for hydroxylation is 2. The Labute approximate surface area is 167 Å². The van der Waals surface area contributed by atoms with Gasteiger partial charge in [-0.2, -0.15) is 13.2 Å². The Balaban J connectivity index is 1.78. The molecule has 0 fully saturated rings. The molecule has 0 heterocycles. The Bertz CT molecular complexity index is 846. The maximum Gasteiger partial charge on any atom is 0.471 e. The highest BCUT2D eigenvalue weighted by Gasteiger charge is 2.38. The molecule has 0 aromatic heterocycles. The molecule has 156 valence electrons. The quantitative estimate of drug-likeness (QED) is 0.641. The van der Waals surface area contributed by atoms with E-state index in [1.54, 1.807) is 23.5 Å². The zero-order valence-corrected chi connectivity index (χ0v) is 16.2. The summed E-state index contributed by atoms with van der Waals surface area (Å²) in [6.07, 6.45) is -4.17. The van der Waals surface area contributed by atoms with Gasteiger partial charge in [0.2, 0.25) is 5.91 Å². The van der Waals surface area contributed by atoms with Gasteiger partial charge in [-0.05, 0) is 49.1 Å². The van der Waals surface area contributed by atoms with Gasteiger partial charge in [-0.3, -0.25) is 9.59 Å². The number of para-hydroxylation sites is 1. The van der Waals surface area contributed by atoms with Gasteiger partial charge in [-0.1, -0.05) is 30.3 Å². The summed E-state index contributed by atoms with van der Waals surface area (Å²) >= 11 is 0. The van der Waals surface area contributed by atoms with Gasteiger partial charge in [0.1, 0.15) is 5.75 Å². The minimum absolute atomic E-state index is 0.230. The molecule has 2 aromatic carbocycles. The number of nitrogens with one attached hydrogen (secondary N) is 2. The predicted octanol–water partition coefficient (Wildman–Crippen LogP) is 4.28. The van der Waals surface area contributed by atoms with Crippen molar-refractivity contribution in [3.05, 3.63) is 59.2 Å². The second-order valence-corrected chi connectivity index (χ2v) is 6.60. The van der Waals surface area contributed by atoms with Gasteiger partial charge in [0.15, 0.2) is 0 Å². The number of hydrogen-bond donors (Lipinski definition) is 2. The zero-order valence-electron chi connectivity index (χ0n) is 16.2. The predicted molar refractivity (Wildman–Crippen MR) is 104 cm³/mol. The first kappa shape index (κ1) is 22.3. The van der Waals surface area contributed by atoms with Gasteiger partial charge in [0.05, 0.1) is 6.61 Å². The second-order valence-electron chi connectivity index (χ2n) is 6.60. The van der Waals surface area contributed by atoms with Crippen LogP contribution in [0.15, 0.2) is 42.5 Å². The first-order valence-electron chi connectivity index (χ1n) is 9.09. The summed E-state index contributed by atoms with van der Waals surface area (Å²) in [5, 5.41) is 4.48. The van der Waals surface area contributed by atoms with Gasteiger partial charge in [-0.25, -0.2) is 0 Å². The molecule has 0 unspecified atom stereocenters. The number of amides is 2. The Morgan fingerprint density at radius 3 is 2.34 bits per heavy atom. The van der Waals surface area contributed by atoms with Crippen molar-refractivity contribution in [3.63, 3.8) is 0 Å². The third-order valence-electron chi connectivity index (χ3n) is 4.12. The van der Waals surface area contributed by atoms with Crippen LogP contribution in [0.25, 0.3) is 0 Å². The molecule has 2 amide bonds. The average Bonchev–Trinajstić information content (AvgIpc) is 2.64. The van der Waals surface area contributed by atoms with Crippen molar-refractivity contribution < 1.29 is 27.5 Å². The Hall–Kier alpha value is -3.03. The molecule has 29 heavy (non-hydrogen) atoms. The number of alkyl halides is 3. The van der Waals surface area contributed by atoms with Crippen LogP contribution >= 0.6 is 0 Å². The van der Waals surface area contributed by atoms with Gasteiger partial charge in [0.25, 0.3) is 0 Å². The van der Waals surface area contributed by atoms with E-state index in [2.05, 4.69) is 5.32 Å². The molecule has 2 aromatic rings. The molecule has 0 aliphatic rings. The van der Waals surface area contributed by atoms with E-state index in [1.807, 2.05) is 32.0 Å². The van der Waals surface area contributed by atoms with E-state index in [0.717, 1.165) is 16.9 Å². The molecule has 2 rings (SSSR count). The third-order valence-corrected chi connectivity index (χ3v) is 4.12. The maximum absolute atomic E-state index is 12.2. The first-order chi connectivity index (χ1) is 13.7. The first-order valence-corrected chi connectivity index (χ1v) is 9.09. The highest BCUT2D eigenvalue weighted by molar-refractivity contribution is 5.90. The lowest BCUT2D eigenvalue weighted by Gasteiger charge is -2.12. The third kappa shape index (κ3) is 7.14. The summed E-state index contributed by atoms with van der Waals surface area (Å²) in [5.41, 5.74) is 2.95. The summed E-state index contributed by atoms with van der Waals surface area (Å²) in [4.78, 5) is 23.0. The van der Waals surface area contributed by atoms with Crippen molar-refractivity contribution in [1.29, 1.82) is 0 Å². The van der Waals surface area contributed by atoms with Gasteiger partial charge < -0.3 is 15.4 Å². The highest BCUT2D eigenvalue weighted by atomic mass is 19.4. The zero-order chi connectivity index (χ0) is 21.4. The Kier molecular flexibility index (Phi) is 7.64. The lowest BCUT2D eigenvalue weighted by Crippen LogP contribution is -2.36. The molecule has 0 aliphatic carbocycles. The molecular formula is C21H23F3N2O3. The minimum atomic E-state index is -4.93. The number of carbonyl (C=O) groups excluding carboxylic acids is 2. The molecule has 0 atom stereocenters. The van der Waals surface area contributed by atoms with Crippen molar-refractivity contribution in [2.75, 3.05) is 11.9 Å².